The van der Waals surface area contributed by atoms with E-state index in [1.54, 1.807) is 0 Å². The SMILES string of the molecule is CCOc1ccc(CCNC(=O)CC(C)C)cc1Cl. The maximum Gasteiger partial charge on any atom is 0.220 e. The average molecular weight is 284 g/mol. The van der Waals surface area contributed by atoms with Crippen LogP contribution in [0.4, 0.5) is 0 Å². The van der Waals surface area contributed by atoms with Gasteiger partial charge in [0.1, 0.15) is 5.75 Å². The molecule has 1 amide bonds. The minimum Gasteiger partial charge on any atom is -0.492 e. The quantitative estimate of drug-likeness (QED) is 0.832. The number of carbonyl (C=O) groups is 1. The number of hydrogen-bond donors (Lipinski definition) is 1. The van der Waals surface area contributed by atoms with Gasteiger partial charge in [0, 0.05) is 13.0 Å². The van der Waals surface area contributed by atoms with Crippen LogP contribution < -0.4 is 10.1 Å². The summed E-state index contributed by atoms with van der Waals surface area (Å²) in [7, 11) is 0. The van der Waals surface area contributed by atoms with Crippen molar-refractivity contribution in [1.82, 2.24) is 5.32 Å². The zero-order chi connectivity index (χ0) is 14.3. The number of rotatable bonds is 7. The molecule has 0 heterocycles. The molecule has 0 fully saturated rings. The van der Waals surface area contributed by atoms with Crippen LogP contribution in [0.3, 0.4) is 0 Å². The molecular weight excluding hydrogens is 262 g/mol. The van der Waals surface area contributed by atoms with Gasteiger partial charge in [-0.15, -0.1) is 0 Å². The van der Waals surface area contributed by atoms with Gasteiger partial charge in [0.15, 0.2) is 0 Å². The largest absolute Gasteiger partial charge is 0.492 e. The van der Waals surface area contributed by atoms with E-state index in [2.05, 4.69) is 5.32 Å². The van der Waals surface area contributed by atoms with Crippen LogP contribution in [0.5, 0.6) is 5.75 Å². The van der Waals surface area contributed by atoms with Gasteiger partial charge in [-0.2, -0.15) is 0 Å². The standard InChI is InChI=1S/C15H22ClNO2/c1-4-19-14-6-5-12(10-13(14)16)7-8-17-15(18)9-11(2)3/h5-6,10-11H,4,7-9H2,1-3H3,(H,17,18). The third kappa shape index (κ3) is 5.97. The molecule has 1 aromatic rings. The first-order valence-electron chi connectivity index (χ1n) is 6.70. The minimum absolute atomic E-state index is 0.104. The summed E-state index contributed by atoms with van der Waals surface area (Å²) in [6, 6.07) is 5.74. The van der Waals surface area contributed by atoms with E-state index in [0.717, 1.165) is 12.0 Å². The van der Waals surface area contributed by atoms with Gasteiger partial charge in [-0.1, -0.05) is 31.5 Å². The van der Waals surface area contributed by atoms with Gasteiger partial charge in [0.05, 0.1) is 11.6 Å². The lowest BCUT2D eigenvalue weighted by atomic mass is 10.1. The molecule has 106 valence electrons. The second-order valence-corrected chi connectivity index (χ2v) is 5.30. The van der Waals surface area contributed by atoms with Crippen LogP contribution in [0.15, 0.2) is 18.2 Å². The van der Waals surface area contributed by atoms with Crippen molar-refractivity contribution in [3.63, 3.8) is 0 Å². The lowest BCUT2D eigenvalue weighted by molar-refractivity contribution is -0.121. The van der Waals surface area contributed by atoms with Crippen molar-refractivity contribution >= 4 is 17.5 Å². The fraction of sp³-hybridized carbons (Fsp3) is 0.533. The molecule has 0 aliphatic carbocycles. The molecule has 0 saturated carbocycles. The molecule has 3 nitrogen and oxygen atoms in total. The number of ether oxygens (including phenoxy) is 1. The maximum atomic E-state index is 11.5. The van der Waals surface area contributed by atoms with Crippen molar-refractivity contribution in [1.29, 1.82) is 0 Å². The fourth-order valence-electron chi connectivity index (χ4n) is 1.76. The van der Waals surface area contributed by atoms with Gasteiger partial charge in [0.25, 0.3) is 0 Å². The Morgan fingerprint density at radius 3 is 2.74 bits per heavy atom. The van der Waals surface area contributed by atoms with Gasteiger partial charge in [-0.25, -0.2) is 0 Å². The van der Waals surface area contributed by atoms with E-state index in [1.165, 1.54) is 0 Å². The molecule has 0 unspecified atom stereocenters. The summed E-state index contributed by atoms with van der Waals surface area (Å²) in [6.07, 6.45) is 1.35. The zero-order valence-corrected chi connectivity index (χ0v) is 12.6. The summed E-state index contributed by atoms with van der Waals surface area (Å²) in [4.78, 5) is 11.5. The van der Waals surface area contributed by atoms with Crippen molar-refractivity contribution < 1.29 is 9.53 Å². The second-order valence-electron chi connectivity index (χ2n) is 4.90. The van der Waals surface area contributed by atoms with Crippen molar-refractivity contribution in [2.24, 2.45) is 5.92 Å². The zero-order valence-electron chi connectivity index (χ0n) is 11.8. The third-order valence-electron chi connectivity index (χ3n) is 2.63. The van der Waals surface area contributed by atoms with Crippen molar-refractivity contribution in [3.8, 4) is 5.75 Å². The van der Waals surface area contributed by atoms with Crippen LogP contribution in [0.2, 0.25) is 5.02 Å². The molecule has 0 aliphatic heterocycles. The number of nitrogens with one attached hydrogen (secondary N) is 1. The molecule has 0 bridgehead atoms. The predicted molar refractivity (Wildman–Crippen MR) is 78.8 cm³/mol. The first kappa shape index (κ1) is 15.8. The third-order valence-corrected chi connectivity index (χ3v) is 2.92. The van der Waals surface area contributed by atoms with E-state index in [-0.39, 0.29) is 5.91 Å². The minimum atomic E-state index is 0.104. The van der Waals surface area contributed by atoms with Gasteiger partial charge >= 0.3 is 0 Å². The van der Waals surface area contributed by atoms with E-state index in [9.17, 15) is 4.79 Å². The van der Waals surface area contributed by atoms with Crippen LogP contribution in [0.1, 0.15) is 32.8 Å². The normalized spacial score (nSPS) is 10.6. The van der Waals surface area contributed by atoms with Crippen molar-refractivity contribution in [3.05, 3.63) is 28.8 Å². The Bertz CT molecular complexity index is 419. The Balaban J connectivity index is 2.41. The summed E-state index contributed by atoms with van der Waals surface area (Å²) >= 11 is 6.11. The average Bonchev–Trinajstić information content (AvgIpc) is 2.32. The number of benzene rings is 1. The van der Waals surface area contributed by atoms with Crippen LogP contribution in [0, 0.1) is 5.92 Å². The topological polar surface area (TPSA) is 38.3 Å². The Morgan fingerprint density at radius 2 is 2.16 bits per heavy atom. The predicted octanol–water partition coefficient (Wildman–Crippen LogP) is 3.44. The summed E-state index contributed by atoms with van der Waals surface area (Å²) in [5, 5.41) is 3.53. The number of carbonyl (C=O) groups excluding carboxylic acids is 1. The lowest BCUT2D eigenvalue weighted by Crippen LogP contribution is -2.26. The van der Waals surface area contributed by atoms with Crippen molar-refractivity contribution in [2.75, 3.05) is 13.2 Å². The van der Waals surface area contributed by atoms with Gasteiger partial charge in [-0.3, -0.25) is 4.79 Å². The van der Waals surface area contributed by atoms with Crippen LogP contribution in [-0.4, -0.2) is 19.1 Å². The highest BCUT2D eigenvalue weighted by atomic mass is 35.5. The molecule has 1 aromatic carbocycles. The molecular formula is C15H22ClNO2. The van der Waals surface area contributed by atoms with E-state index in [0.29, 0.717) is 36.3 Å². The van der Waals surface area contributed by atoms with Crippen LogP contribution in [-0.2, 0) is 11.2 Å². The molecule has 19 heavy (non-hydrogen) atoms. The smallest absolute Gasteiger partial charge is 0.220 e. The molecule has 4 heteroatoms. The van der Waals surface area contributed by atoms with E-state index >= 15 is 0 Å². The van der Waals surface area contributed by atoms with Gasteiger partial charge in [0.2, 0.25) is 5.91 Å². The monoisotopic (exact) mass is 283 g/mol. The Morgan fingerprint density at radius 1 is 1.42 bits per heavy atom. The molecule has 1 rings (SSSR count). The van der Waals surface area contributed by atoms with Crippen molar-refractivity contribution in [2.45, 2.75) is 33.6 Å². The maximum absolute atomic E-state index is 11.5. The highest BCUT2D eigenvalue weighted by Gasteiger charge is 2.05. The molecule has 0 aliphatic rings. The first-order chi connectivity index (χ1) is 9.02. The summed E-state index contributed by atoms with van der Waals surface area (Å²) in [6.45, 7) is 7.23. The van der Waals surface area contributed by atoms with Crippen LogP contribution >= 0.6 is 11.6 Å². The Labute approximate surface area is 120 Å². The lowest BCUT2D eigenvalue weighted by Gasteiger charge is -2.09. The highest BCUT2D eigenvalue weighted by molar-refractivity contribution is 6.32. The highest BCUT2D eigenvalue weighted by Crippen LogP contribution is 2.25. The number of hydrogen-bond acceptors (Lipinski definition) is 2. The van der Waals surface area contributed by atoms with E-state index in [1.807, 2.05) is 39.0 Å². The first-order valence-corrected chi connectivity index (χ1v) is 7.08. The van der Waals surface area contributed by atoms with Gasteiger partial charge in [-0.05, 0) is 37.0 Å². The molecule has 0 atom stereocenters. The molecule has 0 aromatic heterocycles. The molecule has 0 radical (unpaired) electrons. The Hall–Kier alpha value is -1.22. The molecule has 0 spiro atoms. The van der Waals surface area contributed by atoms with E-state index < -0.39 is 0 Å². The summed E-state index contributed by atoms with van der Waals surface area (Å²) in [5.74, 6) is 1.20. The van der Waals surface area contributed by atoms with Crippen LogP contribution in [0.25, 0.3) is 0 Å². The summed E-state index contributed by atoms with van der Waals surface area (Å²) in [5.41, 5.74) is 1.10. The van der Waals surface area contributed by atoms with E-state index in [4.69, 9.17) is 16.3 Å². The molecule has 1 N–H and O–H groups in total. The fourth-order valence-corrected chi connectivity index (χ4v) is 2.02. The molecule has 0 saturated heterocycles. The second kappa shape index (κ2) is 8.05. The van der Waals surface area contributed by atoms with Gasteiger partial charge < -0.3 is 10.1 Å². The summed E-state index contributed by atoms with van der Waals surface area (Å²) < 4.78 is 5.38. The number of halogens is 1. The number of amides is 1. The Kier molecular flexibility index (Phi) is 6.71.